The van der Waals surface area contributed by atoms with Crippen LogP contribution in [0.1, 0.15) is 20.3 Å². The molecule has 1 aliphatic rings. The quantitative estimate of drug-likeness (QED) is 0.832. The second-order valence-electron chi connectivity index (χ2n) is 7.33. The summed E-state index contributed by atoms with van der Waals surface area (Å²) in [5.41, 5.74) is 2.57. The Hall–Kier alpha value is -3.09. The topological polar surface area (TPSA) is 77.6 Å². The van der Waals surface area contributed by atoms with E-state index in [0.29, 0.717) is 31.1 Å². The number of aromatic nitrogens is 1. The van der Waals surface area contributed by atoms with Crippen LogP contribution in [0, 0.1) is 5.92 Å². The van der Waals surface area contributed by atoms with Gasteiger partial charge >= 0.3 is 6.03 Å². The molecule has 2 aromatic rings. The maximum Gasteiger partial charge on any atom is 0.321 e. The zero-order valence-electron chi connectivity index (χ0n) is 16.4. The van der Waals surface area contributed by atoms with Crippen molar-refractivity contribution in [1.29, 1.82) is 0 Å². The molecule has 148 valence electrons. The second kappa shape index (κ2) is 9.21. The van der Waals surface area contributed by atoms with E-state index in [0.717, 1.165) is 24.5 Å². The second-order valence-corrected chi connectivity index (χ2v) is 7.33. The average molecular weight is 381 g/mol. The lowest BCUT2D eigenvalue weighted by atomic mass is 10.1. The Balaban J connectivity index is 1.48. The third-order valence-corrected chi connectivity index (χ3v) is 4.61. The van der Waals surface area contributed by atoms with Crippen molar-refractivity contribution >= 4 is 29.0 Å². The van der Waals surface area contributed by atoms with E-state index in [-0.39, 0.29) is 11.9 Å². The molecule has 28 heavy (non-hydrogen) atoms. The van der Waals surface area contributed by atoms with Crippen molar-refractivity contribution in [2.24, 2.45) is 5.92 Å². The highest BCUT2D eigenvalue weighted by molar-refractivity contribution is 5.92. The van der Waals surface area contributed by atoms with Crippen molar-refractivity contribution < 1.29 is 9.59 Å². The van der Waals surface area contributed by atoms with Crippen LogP contribution in [0.5, 0.6) is 0 Å². The predicted molar refractivity (Wildman–Crippen MR) is 112 cm³/mol. The number of urea groups is 1. The summed E-state index contributed by atoms with van der Waals surface area (Å²) >= 11 is 0. The van der Waals surface area contributed by atoms with Crippen molar-refractivity contribution in [3.63, 3.8) is 0 Å². The zero-order valence-corrected chi connectivity index (χ0v) is 16.4. The summed E-state index contributed by atoms with van der Waals surface area (Å²) < 4.78 is 0. The lowest BCUT2D eigenvalue weighted by Crippen LogP contribution is -2.50. The molecule has 1 aliphatic heterocycles. The number of rotatable bonds is 5. The van der Waals surface area contributed by atoms with Gasteiger partial charge in [0.25, 0.3) is 0 Å². The molecule has 0 aliphatic carbocycles. The van der Waals surface area contributed by atoms with Crippen LogP contribution in [0.3, 0.4) is 0 Å². The van der Waals surface area contributed by atoms with Crippen molar-refractivity contribution in [2.45, 2.75) is 20.3 Å². The van der Waals surface area contributed by atoms with Gasteiger partial charge in [-0.25, -0.2) is 4.79 Å². The van der Waals surface area contributed by atoms with E-state index in [1.807, 2.05) is 30.9 Å². The molecule has 7 heteroatoms. The van der Waals surface area contributed by atoms with Crippen LogP contribution in [-0.2, 0) is 4.79 Å². The van der Waals surface area contributed by atoms with Gasteiger partial charge in [-0.05, 0) is 42.3 Å². The number of hydrogen-bond acceptors (Lipinski definition) is 4. The fraction of sp³-hybridized carbons (Fsp3) is 0.381. The first kappa shape index (κ1) is 19.7. The van der Waals surface area contributed by atoms with Crippen LogP contribution >= 0.6 is 0 Å². The van der Waals surface area contributed by atoms with Crippen LogP contribution in [0.15, 0.2) is 48.8 Å². The van der Waals surface area contributed by atoms with Crippen LogP contribution < -0.4 is 15.5 Å². The SMILES string of the molecule is CC(C)CC(=O)Nc1ccc(NC(=O)N2CCN(c3ccncc3)CC2)cc1. The first-order valence-electron chi connectivity index (χ1n) is 9.62. The number of pyridine rings is 1. The summed E-state index contributed by atoms with van der Waals surface area (Å²) in [6.07, 6.45) is 4.05. The number of carbonyl (C=O) groups excluding carboxylic acids is 2. The summed E-state index contributed by atoms with van der Waals surface area (Å²) in [5, 5.41) is 5.79. The third-order valence-electron chi connectivity index (χ3n) is 4.61. The molecule has 1 aromatic carbocycles. The third kappa shape index (κ3) is 5.45. The minimum Gasteiger partial charge on any atom is -0.368 e. The van der Waals surface area contributed by atoms with Gasteiger partial charge < -0.3 is 20.4 Å². The van der Waals surface area contributed by atoms with E-state index in [2.05, 4.69) is 20.5 Å². The van der Waals surface area contributed by atoms with E-state index in [1.165, 1.54) is 0 Å². The Bertz CT molecular complexity index is 784. The number of nitrogens with one attached hydrogen (secondary N) is 2. The number of nitrogens with zero attached hydrogens (tertiary/aromatic N) is 3. The molecule has 3 rings (SSSR count). The molecule has 0 bridgehead atoms. The number of anilines is 3. The van der Waals surface area contributed by atoms with Gasteiger partial charge in [-0.3, -0.25) is 9.78 Å². The maximum absolute atomic E-state index is 12.5. The van der Waals surface area contributed by atoms with E-state index >= 15 is 0 Å². The Morgan fingerprint density at radius 3 is 2.07 bits per heavy atom. The number of piperazine rings is 1. The predicted octanol–water partition coefficient (Wildman–Crippen LogP) is 3.42. The summed E-state index contributed by atoms with van der Waals surface area (Å²) in [5.74, 6) is 0.316. The average Bonchev–Trinajstić information content (AvgIpc) is 2.69. The van der Waals surface area contributed by atoms with Crippen molar-refractivity contribution in [1.82, 2.24) is 9.88 Å². The molecule has 7 nitrogen and oxygen atoms in total. The maximum atomic E-state index is 12.5. The van der Waals surface area contributed by atoms with E-state index < -0.39 is 0 Å². The van der Waals surface area contributed by atoms with Crippen LogP contribution in [0.2, 0.25) is 0 Å². The van der Waals surface area contributed by atoms with Gasteiger partial charge in [0.1, 0.15) is 0 Å². The molecular weight excluding hydrogens is 354 g/mol. The summed E-state index contributed by atoms with van der Waals surface area (Å²) in [7, 11) is 0. The highest BCUT2D eigenvalue weighted by atomic mass is 16.2. The number of amides is 3. The molecule has 1 saturated heterocycles. The number of hydrogen-bond donors (Lipinski definition) is 2. The Morgan fingerprint density at radius 1 is 0.929 bits per heavy atom. The number of carbonyl (C=O) groups is 2. The highest BCUT2D eigenvalue weighted by Gasteiger charge is 2.21. The molecule has 0 spiro atoms. The lowest BCUT2D eigenvalue weighted by Gasteiger charge is -2.36. The van der Waals surface area contributed by atoms with E-state index in [9.17, 15) is 9.59 Å². The molecule has 0 radical (unpaired) electrons. The molecule has 1 aromatic heterocycles. The van der Waals surface area contributed by atoms with Gasteiger partial charge in [-0.2, -0.15) is 0 Å². The van der Waals surface area contributed by atoms with Crippen molar-refractivity contribution in [3.05, 3.63) is 48.8 Å². The molecule has 0 unspecified atom stereocenters. The Labute approximate surface area is 165 Å². The van der Waals surface area contributed by atoms with Crippen LogP contribution in [0.4, 0.5) is 21.9 Å². The van der Waals surface area contributed by atoms with Gasteiger partial charge in [-0.15, -0.1) is 0 Å². The normalized spacial score (nSPS) is 14.1. The largest absolute Gasteiger partial charge is 0.368 e. The first-order chi connectivity index (χ1) is 13.5. The molecular formula is C21H27N5O2. The summed E-state index contributed by atoms with van der Waals surface area (Å²) in [6.45, 7) is 6.93. The van der Waals surface area contributed by atoms with Gasteiger partial charge in [-0.1, -0.05) is 13.8 Å². The molecule has 2 heterocycles. The van der Waals surface area contributed by atoms with Crippen LogP contribution in [-0.4, -0.2) is 48.0 Å². The zero-order chi connectivity index (χ0) is 19.9. The number of benzene rings is 1. The molecule has 1 fully saturated rings. The molecule has 3 amide bonds. The van der Waals surface area contributed by atoms with Gasteiger partial charge in [0.05, 0.1) is 0 Å². The molecule has 0 atom stereocenters. The Morgan fingerprint density at radius 2 is 1.50 bits per heavy atom. The summed E-state index contributed by atoms with van der Waals surface area (Å²) in [6, 6.07) is 11.1. The van der Waals surface area contributed by atoms with Crippen molar-refractivity contribution in [3.8, 4) is 0 Å². The van der Waals surface area contributed by atoms with Gasteiger partial charge in [0.15, 0.2) is 0 Å². The minimum absolute atomic E-state index is 0.00106. The highest BCUT2D eigenvalue weighted by Crippen LogP contribution is 2.17. The minimum atomic E-state index is -0.106. The monoisotopic (exact) mass is 381 g/mol. The van der Waals surface area contributed by atoms with E-state index in [1.54, 1.807) is 36.7 Å². The lowest BCUT2D eigenvalue weighted by molar-refractivity contribution is -0.116. The van der Waals surface area contributed by atoms with Crippen molar-refractivity contribution in [2.75, 3.05) is 41.7 Å². The van der Waals surface area contributed by atoms with Gasteiger partial charge in [0, 0.05) is 62.1 Å². The fourth-order valence-electron chi connectivity index (χ4n) is 3.14. The first-order valence-corrected chi connectivity index (χ1v) is 9.62. The Kier molecular flexibility index (Phi) is 6.47. The molecule has 0 saturated carbocycles. The van der Waals surface area contributed by atoms with Gasteiger partial charge in [0.2, 0.25) is 5.91 Å². The summed E-state index contributed by atoms with van der Waals surface area (Å²) in [4.78, 5) is 32.4. The van der Waals surface area contributed by atoms with Crippen LogP contribution in [0.25, 0.3) is 0 Å². The molecule has 2 N–H and O–H groups in total. The standard InChI is InChI=1S/C21H27N5O2/c1-16(2)15-20(27)23-17-3-5-18(6-4-17)24-21(28)26-13-11-25(12-14-26)19-7-9-22-10-8-19/h3-10,16H,11-15H2,1-2H3,(H,23,27)(H,24,28). The fourth-order valence-corrected chi connectivity index (χ4v) is 3.14. The smallest absolute Gasteiger partial charge is 0.321 e. The van der Waals surface area contributed by atoms with E-state index in [4.69, 9.17) is 0 Å².